The van der Waals surface area contributed by atoms with Gasteiger partial charge in [-0.05, 0) is 54.6 Å². The largest absolute Gasteiger partial charge is 0.493 e. The predicted octanol–water partition coefficient (Wildman–Crippen LogP) is 4.22. The number of fused-ring (bicyclic) bond motifs is 1. The minimum absolute atomic E-state index is 0.857. The Hall–Kier alpha value is -1.58. The quantitative estimate of drug-likeness (QED) is 0.819. The predicted molar refractivity (Wildman–Crippen MR) is 89.9 cm³/mol. The second-order valence-corrected chi connectivity index (χ2v) is 6.49. The molecule has 0 amide bonds. The number of ether oxygens (including phenoxy) is 1. The van der Waals surface area contributed by atoms with E-state index in [9.17, 15) is 0 Å². The van der Waals surface area contributed by atoms with Crippen LogP contribution in [0.25, 0.3) is 6.08 Å². The lowest BCUT2D eigenvalue weighted by Crippen LogP contribution is -2.18. The molecule has 0 atom stereocenters. The summed E-state index contributed by atoms with van der Waals surface area (Å²) in [4.78, 5) is 3.62. The fourth-order valence-electron chi connectivity index (χ4n) is 2.59. The smallest absolute Gasteiger partial charge is 0.122 e. The summed E-state index contributed by atoms with van der Waals surface area (Å²) in [5.74, 6) is 1.08. The number of thiophene rings is 1. The van der Waals surface area contributed by atoms with Gasteiger partial charge >= 0.3 is 0 Å². The van der Waals surface area contributed by atoms with Crippen molar-refractivity contribution < 1.29 is 4.74 Å². The topological polar surface area (TPSA) is 12.5 Å². The summed E-state index contributed by atoms with van der Waals surface area (Å²) in [6.45, 7) is 2.76. The summed E-state index contributed by atoms with van der Waals surface area (Å²) in [6, 6.07) is 10.9. The highest BCUT2D eigenvalue weighted by Gasteiger charge is 2.10. The second kappa shape index (κ2) is 6.92. The summed E-state index contributed by atoms with van der Waals surface area (Å²) in [5, 5.41) is 2.11. The molecular formula is C18H21NOS. The standard InChI is InChI=1S/C18H21NOS/c1-19(10-2-6-17-7-4-12-21-17)14-15-8-9-16-5-3-11-20-18(16)13-15/h2,4,6-9,12-13H,3,5,10-11,14H2,1H3. The molecule has 2 aromatic rings. The zero-order valence-corrected chi connectivity index (χ0v) is 13.2. The molecule has 3 heteroatoms. The average molecular weight is 299 g/mol. The number of nitrogens with zero attached hydrogens (tertiary/aromatic N) is 1. The number of likely N-dealkylation sites (N-methyl/N-ethyl adjacent to an activating group) is 1. The van der Waals surface area contributed by atoms with Crippen molar-refractivity contribution in [1.29, 1.82) is 0 Å². The Morgan fingerprint density at radius 2 is 2.29 bits per heavy atom. The van der Waals surface area contributed by atoms with Gasteiger partial charge in [0.05, 0.1) is 6.61 Å². The average Bonchev–Trinajstić information content (AvgIpc) is 3.00. The van der Waals surface area contributed by atoms with Crippen molar-refractivity contribution >= 4 is 17.4 Å². The summed E-state index contributed by atoms with van der Waals surface area (Å²) in [6.07, 6.45) is 6.70. The van der Waals surface area contributed by atoms with Crippen molar-refractivity contribution in [2.24, 2.45) is 0 Å². The molecule has 1 aromatic heterocycles. The monoisotopic (exact) mass is 299 g/mol. The van der Waals surface area contributed by atoms with E-state index in [1.54, 1.807) is 11.3 Å². The molecule has 0 saturated carbocycles. The molecule has 21 heavy (non-hydrogen) atoms. The Kier molecular flexibility index (Phi) is 4.73. The van der Waals surface area contributed by atoms with Crippen molar-refractivity contribution in [3.8, 4) is 5.75 Å². The molecule has 1 aliphatic rings. The highest BCUT2D eigenvalue weighted by atomic mass is 32.1. The van der Waals surface area contributed by atoms with Gasteiger partial charge in [-0.1, -0.05) is 24.3 Å². The first-order chi connectivity index (χ1) is 10.3. The van der Waals surface area contributed by atoms with Gasteiger partial charge in [0.25, 0.3) is 0 Å². The van der Waals surface area contributed by atoms with Gasteiger partial charge < -0.3 is 4.74 Å². The Balaban J connectivity index is 1.56. The first kappa shape index (κ1) is 14.4. The Bertz CT molecular complexity index is 604. The van der Waals surface area contributed by atoms with E-state index in [4.69, 9.17) is 4.74 Å². The van der Waals surface area contributed by atoms with Gasteiger partial charge in [0.15, 0.2) is 0 Å². The summed E-state index contributed by atoms with van der Waals surface area (Å²) < 4.78 is 5.74. The van der Waals surface area contributed by atoms with E-state index in [0.717, 1.165) is 38.3 Å². The fourth-order valence-corrected chi connectivity index (χ4v) is 3.24. The molecule has 0 saturated heterocycles. The van der Waals surface area contributed by atoms with E-state index < -0.39 is 0 Å². The molecular weight excluding hydrogens is 278 g/mol. The van der Waals surface area contributed by atoms with Crippen LogP contribution in [0, 0.1) is 0 Å². The third-order valence-electron chi connectivity index (χ3n) is 3.67. The number of rotatable bonds is 5. The van der Waals surface area contributed by atoms with Gasteiger partial charge in [-0.25, -0.2) is 0 Å². The molecule has 0 bridgehead atoms. The van der Waals surface area contributed by atoms with Gasteiger partial charge in [-0.15, -0.1) is 11.3 Å². The van der Waals surface area contributed by atoms with Crippen LogP contribution in [-0.4, -0.2) is 25.1 Å². The molecule has 1 aliphatic heterocycles. The van der Waals surface area contributed by atoms with E-state index in [1.165, 1.54) is 16.0 Å². The van der Waals surface area contributed by atoms with Crippen LogP contribution >= 0.6 is 11.3 Å². The molecule has 0 radical (unpaired) electrons. The Morgan fingerprint density at radius 1 is 1.33 bits per heavy atom. The third kappa shape index (κ3) is 3.96. The van der Waals surface area contributed by atoms with Crippen LogP contribution in [-0.2, 0) is 13.0 Å². The lowest BCUT2D eigenvalue weighted by atomic mass is 10.0. The summed E-state index contributed by atoms with van der Waals surface area (Å²) in [5.41, 5.74) is 2.67. The lowest BCUT2D eigenvalue weighted by Gasteiger charge is -2.20. The first-order valence-corrected chi connectivity index (χ1v) is 8.32. The van der Waals surface area contributed by atoms with Crippen LogP contribution in [0.5, 0.6) is 5.75 Å². The van der Waals surface area contributed by atoms with Crippen molar-refractivity contribution in [2.75, 3.05) is 20.2 Å². The molecule has 0 unspecified atom stereocenters. The number of hydrogen-bond acceptors (Lipinski definition) is 3. The van der Waals surface area contributed by atoms with E-state index in [2.05, 4.69) is 59.8 Å². The SMILES string of the molecule is CN(CC=Cc1cccs1)Cc1ccc2c(c1)OCCC2. The highest BCUT2D eigenvalue weighted by molar-refractivity contribution is 7.10. The summed E-state index contributed by atoms with van der Waals surface area (Å²) >= 11 is 1.77. The Labute approximate surface area is 130 Å². The zero-order valence-electron chi connectivity index (χ0n) is 12.4. The molecule has 0 aliphatic carbocycles. The van der Waals surface area contributed by atoms with Crippen LogP contribution in [0.1, 0.15) is 22.4 Å². The Morgan fingerprint density at radius 3 is 3.14 bits per heavy atom. The number of hydrogen-bond donors (Lipinski definition) is 0. The summed E-state index contributed by atoms with van der Waals surface area (Å²) in [7, 11) is 2.15. The van der Waals surface area contributed by atoms with E-state index in [1.807, 2.05) is 0 Å². The maximum atomic E-state index is 5.74. The number of aryl methyl sites for hydroxylation is 1. The van der Waals surface area contributed by atoms with Crippen LogP contribution in [0.4, 0.5) is 0 Å². The van der Waals surface area contributed by atoms with Gasteiger partial charge in [0.2, 0.25) is 0 Å². The molecule has 2 nitrogen and oxygen atoms in total. The normalized spacial score (nSPS) is 14.4. The number of benzene rings is 1. The minimum atomic E-state index is 0.857. The van der Waals surface area contributed by atoms with E-state index in [-0.39, 0.29) is 0 Å². The van der Waals surface area contributed by atoms with Gasteiger partial charge in [-0.2, -0.15) is 0 Å². The van der Waals surface area contributed by atoms with Crippen LogP contribution in [0.15, 0.2) is 41.8 Å². The maximum Gasteiger partial charge on any atom is 0.122 e. The highest BCUT2D eigenvalue weighted by Crippen LogP contribution is 2.26. The molecule has 110 valence electrons. The fraction of sp³-hybridized carbons (Fsp3) is 0.333. The molecule has 1 aromatic carbocycles. The van der Waals surface area contributed by atoms with Crippen LogP contribution in [0.2, 0.25) is 0 Å². The van der Waals surface area contributed by atoms with Crippen LogP contribution < -0.4 is 4.74 Å². The molecule has 0 spiro atoms. The van der Waals surface area contributed by atoms with Gasteiger partial charge in [0, 0.05) is 18.0 Å². The van der Waals surface area contributed by atoms with Crippen molar-refractivity contribution in [1.82, 2.24) is 4.90 Å². The molecule has 3 rings (SSSR count). The van der Waals surface area contributed by atoms with E-state index >= 15 is 0 Å². The zero-order chi connectivity index (χ0) is 14.5. The third-order valence-corrected chi connectivity index (χ3v) is 4.51. The first-order valence-electron chi connectivity index (χ1n) is 7.44. The molecule has 0 fully saturated rings. The van der Waals surface area contributed by atoms with E-state index in [0.29, 0.717) is 0 Å². The minimum Gasteiger partial charge on any atom is -0.493 e. The van der Waals surface area contributed by atoms with Gasteiger partial charge in [0.1, 0.15) is 5.75 Å². The lowest BCUT2D eigenvalue weighted by molar-refractivity contribution is 0.287. The molecule has 2 heterocycles. The van der Waals surface area contributed by atoms with Gasteiger partial charge in [-0.3, -0.25) is 4.90 Å². The van der Waals surface area contributed by atoms with Crippen molar-refractivity contribution in [3.63, 3.8) is 0 Å². The second-order valence-electron chi connectivity index (χ2n) is 5.51. The van der Waals surface area contributed by atoms with Crippen molar-refractivity contribution in [2.45, 2.75) is 19.4 Å². The van der Waals surface area contributed by atoms with Crippen LogP contribution in [0.3, 0.4) is 0 Å². The molecule has 0 N–H and O–H groups in total. The maximum absolute atomic E-state index is 5.74. The van der Waals surface area contributed by atoms with Crippen molar-refractivity contribution in [3.05, 3.63) is 57.8 Å².